The van der Waals surface area contributed by atoms with Crippen molar-refractivity contribution in [1.82, 2.24) is 5.32 Å². The van der Waals surface area contributed by atoms with E-state index in [-0.39, 0.29) is 5.91 Å². The summed E-state index contributed by atoms with van der Waals surface area (Å²) < 4.78 is 0. The van der Waals surface area contributed by atoms with E-state index in [0.717, 1.165) is 18.4 Å². The van der Waals surface area contributed by atoms with Crippen LogP contribution in [0.5, 0.6) is 0 Å². The Morgan fingerprint density at radius 2 is 1.54 bits per heavy atom. The molecule has 3 nitrogen and oxygen atoms in total. The average Bonchev–Trinajstić information content (AvgIpc) is 2.87. The molecule has 2 bridgehead atoms. The Bertz CT molecular complexity index is 705. The number of carbonyl (C=O) groups excluding carboxylic acids is 1. The first-order chi connectivity index (χ1) is 11.7. The zero-order chi connectivity index (χ0) is 16.5. The van der Waals surface area contributed by atoms with E-state index in [1.165, 1.54) is 31.2 Å². The predicted molar refractivity (Wildman–Crippen MR) is 95.7 cm³/mol. The third kappa shape index (κ3) is 2.96. The van der Waals surface area contributed by atoms with Gasteiger partial charge in [-0.25, -0.2) is 0 Å². The first-order valence-electron chi connectivity index (χ1n) is 8.89. The second kappa shape index (κ2) is 6.40. The fourth-order valence-corrected chi connectivity index (χ4v) is 4.51. The van der Waals surface area contributed by atoms with Gasteiger partial charge in [-0.1, -0.05) is 36.4 Å². The van der Waals surface area contributed by atoms with Crippen LogP contribution in [0.3, 0.4) is 0 Å². The van der Waals surface area contributed by atoms with E-state index < -0.39 is 0 Å². The molecule has 2 aliphatic carbocycles. The number of hydrogen-bond donors (Lipinski definition) is 2. The zero-order valence-electron chi connectivity index (χ0n) is 13.9. The highest BCUT2D eigenvalue weighted by Crippen LogP contribution is 2.40. The van der Waals surface area contributed by atoms with Crippen molar-refractivity contribution in [2.24, 2.45) is 17.6 Å². The Hall–Kier alpha value is -2.13. The molecule has 1 saturated carbocycles. The molecule has 2 aromatic rings. The molecular weight excluding hydrogens is 296 g/mol. The Balaban J connectivity index is 1.45. The maximum absolute atomic E-state index is 11.2. The van der Waals surface area contributed by atoms with Gasteiger partial charge in [0.05, 0.1) is 0 Å². The second-order valence-corrected chi connectivity index (χ2v) is 7.24. The number of primary amides is 1. The molecule has 0 saturated heterocycles. The van der Waals surface area contributed by atoms with Gasteiger partial charge < -0.3 is 11.1 Å². The van der Waals surface area contributed by atoms with E-state index in [1.807, 2.05) is 24.3 Å². The minimum absolute atomic E-state index is 0.367. The van der Waals surface area contributed by atoms with Gasteiger partial charge in [0.2, 0.25) is 5.91 Å². The lowest BCUT2D eigenvalue weighted by Crippen LogP contribution is -2.37. The van der Waals surface area contributed by atoms with Gasteiger partial charge in [0.15, 0.2) is 0 Å². The van der Waals surface area contributed by atoms with Gasteiger partial charge in [-0.05, 0) is 66.3 Å². The molecule has 4 rings (SSSR count). The molecule has 0 heterocycles. The molecular formula is C21H24N2O. The third-order valence-corrected chi connectivity index (χ3v) is 5.79. The topological polar surface area (TPSA) is 55.1 Å². The summed E-state index contributed by atoms with van der Waals surface area (Å²) in [5, 5.41) is 3.81. The van der Waals surface area contributed by atoms with Crippen molar-refractivity contribution in [3.63, 3.8) is 0 Å². The standard InChI is InChI=1S/C21H24N2O/c22-21(24)15-7-5-14(6-8-15)13-23-20-18-9-10-19(20)12-17-4-2-1-3-16(17)11-18/h1-8,18-20,23H,9-13H2,(H2,22,24). The highest BCUT2D eigenvalue weighted by molar-refractivity contribution is 5.92. The number of carbonyl (C=O) groups is 1. The van der Waals surface area contributed by atoms with Crippen LogP contribution in [0.25, 0.3) is 0 Å². The fraction of sp³-hybridized carbons (Fsp3) is 0.381. The first kappa shape index (κ1) is 15.4. The van der Waals surface area contributed by atoms with Gasteiger partial charge in [0.25, 0.3) is 0 Å². The minimum Gasteiger partial charge on any atom is -0.366 e. The molecule has 2 aliphatic rings. The van der Waals surface area contributed by atoms with E-state index >= 15 is 0 Å². The number of hydrogen-bond acceptors (Lipinski definition) is 2. The van der Waals surface area contributed by atoms with Crippen LogP contribution in [-0.4, -0.2) is 11.9 Å². The van der Waals surface area contributed by atoms with Gasteiger partial charge in [0, 0.05) is 18.2 Å². The second-order valence-electron chi connectivity index (χ2n) is 7.24. The van der Waals surface area contributed by atoms with Crippen LogP contribution in [0.2, 0.25) is 0 Å². The molecule has 2 aromatic carbocycles. The number of amides is 1. The fourth-order valence-electron chi connectivity index (χ4n) is 4.51. The molecule has 3 heteroatoms. The molecule has 1 amide bonds. The Morgan fingerprint density at radius 3 is 2.08 bits per heavy atom. The zero-order valence-corrected chi connectivity index (χ0v) is 13.9. The molecule has 0 radical (unpaired) electrons. The average molecular weight is 320 g/mol. The molecule has 2 atom stereocenters. The van der Waals surface area contributed by atoms with Gasteiger partial charge in [0.1, 0.15) is 0 Å². The number of fused-ring (bicyclic) bond motifs is 3. The number of nitrogens with two attached hydrogens (primary N) is 1. The van der Waals surface area contributed by atoms with Crippen LogP contribution in [0, 0.1) is 11.8 Å². The summed E-state index contributed by atoms with van der Waals surface area (Å²) >= 11 is 0. The molecule has 0 aromatic heterocycles. The van der Waals surface area contributed by atoms with E-state index in [4.69, 9.17) is 5.73 Å². The largest absolute Gasteiger partial charge is 0.366 e. The number of nitrogens with one attached hydrogen (secondary N) is 1. The van der Waals surface area contributed by atoms with Crippen molar-refractivity contribution >= 4 is 5.91 Å². The van der Waals surface area contributed by atoms with Gasteiger partial charge in [-0.2, -0.15) is 0 Å². The predicted octanol–water partition coefficient (Wildman–Crippen LogP) is 3.07. The Morgan fingerprint density at radius 1 is 0.958 bits per heavy atom. The highest BCUT2D eigenvalue weighted by Gasteiger charge is 2.38. The third-order valence-electron chi connectivity index (χ3n) is 5.79. The van der Waals surface area contributed by atoms with E-state index in [1.54, 1.807) is 11.1 Å². The normalized spacial score (nSPS) is 25.1. The molecule has 0 spiro atoms. The summed E-state index contributed by atoms with van der Waals surface area (Å²) in [6, 6.07) is 17.2. The quantitative estimate of drug-likeness (QED) is 0.909. The smallest absolute Gasteiger partial charge is 0.248 e. The number of rotatable bonds is 4. The van der Waals surface area contributed by atoms with Crippen LogP contribution < -0.4 is 11.1 Å². The van der Waals surface area contributed by atoms with E-state index in [0.29, 0.717) is 11.6 Å². The Labute approximate surface area is 143 Å². The van der Waals surface area contributed by atoms with Crippen molar-refractivity contribution in [2.45, 2.75) is 38.3 Å². The summed E-state index contributed by atoms with van der Waals surface area (Å²) in [4.78, 5) is 11.2. The number of benzene rings is 2. The summed E-state index contributed by atoms with van der Waals surface area (Å²) in [5.74, 6) is 1.11. The van der Waals surface area contributed by atoms with Gasteiger partial charge >= 0.3 is 0 Å². The molecule has 1 fully saturated rings. The van der Waals surface area contributed by atoms with Gasteiger partial charge in [-0.15, -0.1) is 0 Å². The van der Waals surface area contributed by atoms with Crippen molar-refractivity contribution in [2.75, 3.05) is 0 Å². The van der Waals surface area contributed by atoms with Crippen LogP contribution in [0.1, 0.15) is 39.9 Å². The maximum Gasteiger partial charge on any atom is 0.248 e. The summed E-state index contributed by atoms with van der Waals surface area (Å²) in [6.45, 7) is 0.854. The van der Waals surface area contributed by atoms with Crippen LogP contribution in [0.15, 0.2) is 48.5 Å². The van der Waals surface area contributed by atoms with Crippen molar-refractivity contribution < 1.29 is 4.79 Å². The van der Waals surface area contributed by atoms with Crippen molar-refractivity contribution in [3.05, 3.63) is 70.8 Å². The minimum atomic E-state index is -0.367. The first-order valence-corrected chi connectivity index (χ1v) is 8.89. The maximum atomic E-state index is 11.2. The molecule has 3 N–H and O–H groups in total. The summed E-state index contributed by atoms with van der Waals surface area (Å²) in [5.41, 5.74) is 10.2. The van der Waals surface area contributed by atoms with Crippen molar-refractivity contribution in [1.29, 1.82) is 0 Å². The molecule has 2 unspecified atom stereocenters. The lowest BCUT2D eigenvalue weighted by Gasteiger charge is -2.24. The highest BCUT2D eigenvalue weighted by atomic mass is 16.1. The van der Waals surface area contributed by atoms with Crippen LogP contribution in [-0.2, 0) is 19.4 Å². The monoisotopic (exact) mass is 320 g/mol. The van der Waals surface area contributed by atoms with Crippen LogP contribution in [0.4, 0.5) is 0 Å². The van der Waals surface area contributed by atoms with Crippen LogP contribution >= 0.6 is 0 Å². The summed E-state index contributed by atoms with van der Waals surface area (Å²) in [6.07, 6.45) is 5.06. The lowest BCUT2D eigenvalue weighted by atomic mass is 9.94. The van der Waals surface area contributed by atoms with E-state index in [2.05, 4.69) is 29.6 Å². The summed E-state index contributed by atoms with van der Waals surface area (Å²) in [7, 11) is 0. The Kier molecular flexibility index (Phi) is 4.11. The molecule has 0 aliphatic heterocycles. The van der Waals surface area contributed by atoms with Crippen molar-refractivity contribution in [3.8, 4) is 0 Å². The lowest BCUT2D eigenvalue weighted by molar-refractivity contribution is 0.100. The molecule has 24 heavy (non-hydrogen) atoms. The van der Waals surface area contributed by atoms with E-state index in [9.17, 15) is 4.79 Å². The molecule has 124 valence electrons. The van der Waals surface area contributed by atoms with Gasteiger partial charge in [-0.3, -0.25) is 4.79 Å². The SMILES string of the molecule is NC(=O)c1ccc(CNC2C3CCC2Cc2ccccc2C3)cc1.